The van der Waals surface area contributed by atoms with Gasteiger partial charge >= 0.3 is 0 Å². The van der Waals surface area contributed by atoms with Gasteiger partial charge in [0.25, 0.3) is 11.5 Å². The van der Waals surface area contributed by atoms with Gasteiger partial charge in [-0.1, -0.05) is 24.3 Å². The predicted molar refractivity (Wildman–Crippen MR) is 115 cm³/mol. The molecule has 30 heavy (non-hydrogen) atoms. The van der Waals surface area contributed by atoms with Crippen molar-refractivity contribution in [1.82, 2.24) is 20.4 Å². The van der Waals surface area contributed by atoms with Crippen molar-refractivity contribution in [3.05, 3.63) is 75.5 Å². The van der Waals surface area contributed by atoms with E-state index in [-0.39, 0.29) is 29.4 Å². The number of likely N-dealkylation sites (tertiary alicyclic amines) is 1. The lowest BCUT2D eigenvalue weighted by Crippen LogP contribution is -2.60. The minimum absolute atomic E-state index is 0. The zero-order chi connectivity index (χ0) is 20.0. The first-order valence-electron chi connectivity index (χ1n) is 9.88. The highest BCUT2D eigenvalue weighted by Gasteiger charge is 2.35. The highest BCUT2D eigenvalue weighted by Crippen LogP contribution is 2.24. The van der Waals surface area contributed by atoms with Crippen molar-refractivity contribution in [2.24, 2.45) is 0 Å². The average Bonchev–Trinajstić information content (AvgIpc) is 3.52. The van der Waals surface area contributed by atoms with E-state index in [1.165, 1.54) is 18.9 Å². The van der Waals surface area contributed by atoms with Crippen molar-refractivity contribution in [1.29, 1.82) is 0 Å². The largest absolute Gasteiger partial charge is 0.335 e. The van der Waals surface area contributed by atoms with Crippen molar-refractivity contribution in [2.45, 2.75) is 31.3 Å². The number of amides is 1. The Morgan fingerprint density at radius 1 is 1.13 bits per heavy atom. The van der Waals surface area contributed by atoms with E-state index in [1.807, 2.05) is 12.1 Å². The summed E-state index contributed by atoms with van der Waals surface area (Å²) in [7, 11) is 0. The van der Waals surface area contributed by atoms with Crippen LogP contribution in [0.25, 0.3) is 10.8 Å². The summed E-state index contributed by atoms with van der Waals surface area (Å²) in [6.45, 7) is 1.23. The maximum Gasteiger partial charge on any atom is 0.272 e. The molecule has 1 saturated carbocycles. The Morgan fingerprint density at radius 3 is 2.60 bits per heavy atom. The molecular weight excluding hydrogens is 407 g/mol. The van der Waals surface area contributed by atoms with Crippen molar-refractivity contribution >= 4 is 29.1 Å². The van der Waals surface area contributed by atoms with Crippen LogP contribution in [0.4, 0.5) is 4.39 Å². The molecule has 6 nitrogen and oxygen atoms in total. The minimum atomic E-state index is -0.517. The third-order valence-corrected chi connectivity index (χ3v) is 5.63. The van der Waals surface area contributed by atoms with E-state index in [0.29, 0.717) is 42.7 Å². The zero-order valence-electron chi connectivity index (χ0n) is 16.2. The number of aromatic amines is 1. The molecule has 1 aliphatic carbocycles. The number of nitrogens with one attached hydrogen (secondary N) is 2. The monoisotopic (exact) mass is 428 g/mol. The second kappa shape index (κ2) is 8.16. The normalized spacial score (nSPS) is 16.2. The fourth-order valence-corrected chi connectivity index (χ4v) is 3.85. The second-order valence-corrected chi connectivity index (χ2v) is 7.88. The van der Waals surface area contributed by atoms with Crippen LogP contribution >= 0.6 is 12.4 Å². The maximum absolute atomic E-state index is 14.4. The summed E-state index contributed by atoms with van der Waals surface area (Å²) < 4.78 is 14.4. The molecule has 2 fully saturated rings. The molecule has 0 unspecified atom stereocenters. The molecule has 1 saturated heterocycles. The fourth-order valence-electron chi connectivity index (χ4n) is 3.85. The quantitative estimate of drug-likeness (QED) is 0.655. The number of hydrogen-bond acceptors (Lipinski definition) is 4. The lowest BCUT2D eigenvalue weighted by atomic mass is 10.0. The van der Waals surface area contributed by atoms with E-state index in [1.54, 1.807) is 29.2 Å². The fraction of sp³-hybridized carbons (Fsp3) is 0.318. The molecule has 0 radical (unpaired) electrons. The number of fused-ring (bicyclic) bond motifs is 1. The third-order valence-electron chi connectivity index (χ3n) is 5.63. The molecule has 0 spiro atoms. The van der Waals surface area contributed by atoms with E-state index < -0.39 is 5.82 Å². The lowest BCUT2D eigenvalue weighted by molar-refractivity contribution is 0.0560. The second-order valence-electron chi connectivity index (χ2n) is 7.88. The van der Waals surface area contributed by atoms with Crippen LogP contribution in [-0.2, 0) is 6.42 Å². The number of carbonyl (C=O) groups excluding carboxylic acids is 1. The van der Waals surface area contributed by atoms with Gasteiger partial charge in [0.2, 0.25) is 0 Å². The van der Waals surface area contributed by atoms with Crippen LogP contribution in [0.1, 0.15) is 34.5 Å². The Labute approximate surface area is 178 Å². The SMILES string of the molecule is Cl.O=C(c1cc(Cc2n[nH]c(=O)c3ccccc23)ccc1F)N1CC(NC2CC2)C1. The Hall–Kier alpha value is -2.77. The van der Waals surface area contributed by atoms with E-state index in [0.717, 1.165) is 10.9 Å². The van der Waals surface area contributed by atoms with Crippen LogP contribution in [0.3, 0.4) is 0 Å². The number of hydrogen-bond donors (Lipinski definition) is 2. The molecule has 2 N–H and O–H groups in total. The molecule has 2 aromatic carbocycles. The van der Waals surface area contributed by atoms with Crippen molar-refractivity contribution in [3.8, 4) is 0 Å². The summed E-state index contributed by atoms with van der Waals surface area (Å²) in [4.78, 5) is 26.4. The molecule has 5 rings (SSSR count). The van der Waals surface area contributed by atoms with Gasteiger partial charge in [-0.05, 0) is 36.6 Å². The lowest BCUT2D eigenvalue weighted by Gasteiger charge is -2.40. The summed E-state index contributed by atoms with van der Waals surface area (Å²) in [5.74, 6) is -0.797. The maximum atomic E-state index is 14.4. The first kappa shape index (κ1) is 20.5. The number of carbonyl (C=O) groups is 1. The molecule has 0 bridgehead atoms. The molecule has 1 aliphatic heterocycles. The van der Waals surface area contributed by atoms with Gasteiger partial charge in [-0.3, -0.25) is 9.59 Å². The van der Waals surface area contributed by atoms with E-state index in [9.17, 15) is 14.0 Å². The summed E-state index contributed by atoms with van der Waals surface area (Å²) in [6, 6.07) is 12.7. The van der Waals surface area contributed by atoms with Gasteiger partial charge in [-0.25, -0.2) is 9.49 Å². The van der Waals surface area contributed by atoms with Crippen LogP contribution in [0.2, 0.25) is 0 Å². The van der Waals surface area contributed by atoms with Gasteiger partial charge in [0, 0.05) is 37.0 Å². The summed E-state index contributed by atoms with van der Waals surface area (Å²) in [6.07, 6.45) is 2.80. The predicted octanol–water partition coefficient (Wildman–Crippen LogP) is 2.65. The van der Waals surface area contributed by atoms with Crippen LogP contribution in [0.5, 0.6) is 0 Å². The number of nitrogens with zero attached hydrogens (tertiary/aromatic N) is 2. The summed E-state index contributed by atoms with van der Waals surface area (Å²) in [5, 5.41) is 11.5. The zero-order valence-corrected chi connectivity index (χ0v) is 17.0. The molecule has 1 aromatic heterocycles. The molecule has 2 aliphatic rings. The summed E-state index contributed by atoms with van der Waals surface area (Å²) in [5.41, 5.74) is 1.29. The topological polar surface area (TPSA) is 78.1 Å². The molecule has 1 amide bonds. The van der Waals surface area contributed by atoms with Gasteiger partial charge < -0.3 is 10.2 Å². The van der Waals surface area contributed by atoms with Crippen LogP contribution in [0.15, 0.2) is 47.3 Å². The average molecular weight is 429 g/mol. The number of H-pyrrole nitrogens is 1. The van der Waals surface area contributed by atoms with Crippen LogP contribution in [0, 0.1) is 5.82 Å². The Bertz CT molecular complexity index is 1160. The van der Waals surface area contributed by atoms with Crippen molar-refractivity contribution in [2.75, 3.05) is 13.1 Å². The molecule has 2 heterocycles. The highest BCUT2D eigenvalue weighted by atomic mass is 35.5. The number of aromatic nitrogens is 2. The molecule has 8 heteroatoms. The first-order chi connectivity index (χ1) is 14.1. The Balaban J connectivity index is 0.00000218. The van der Waals surface area contributed by atoms with Crippen molar-refractivity contribution in [3.63, 3.8) is 0 Å². The van der Waals surface area contributed by atoms with Crippen molar-refractivity contribution < 1.29 is 9.18 Å². The van der Waals surface area contributed by atoms with Gasteiger partial charge in [-0.2, -0.15) is 5.10 Å². The van der Waals surface area contributed by atoms with Gasteiger partial charge in [-0.15, -0.1) is 12.4 Å². The van der Waals surface area contributed by atoms with Gasteiger partial charge in [0.05, 0.1) is 16.6 Å². The molecule has 0 atom stereocenters. The standard InChI is InChI=1S/C22H21FN4O2.ClH/c23-19-8-5-13(10-20-16-3-1-2-4-17(16)21(28)26-25-20)9-18(19)22(29)27-11-15(12-27)24-14-6-7-14;/h1-5,8-9,14-15,24H,6-7,10-12H2,(H,26,28);1H. The Morgan fingerprint density at radius 2 is 1.87 bits per heavy atom. The van der Waals surface area contributed by atoms with Crippen LogP contribution in [-0.4, -0.2) is 46.2 Å². The smallest absolute Gasteiger partial charge is 0.272 e. The number of benzene rings is 2. The number of rotatable bonds is 5. The first-order valence-corrected chi connectivity index (χ1v) is 9.88. The molecule has 3 aromatic rings. The van der Waals surface area contributed by atoms with E-state index in [4.69, 9.17) is 0 Å². The van der Waals surface area contributed by atoms with Crippen LogP contribution < -0.4 is 10.9 Å². The molecule has 156 valence electrons. The third kappa shape index (κ3) is 3.95. The minimum Gasteiger partial charge on any atom is -0.335 e. The van der Waals surface area contributed by atoms with E-state index >= 15 is 0 Å². The Kier molecular flexibility index (Phi) is 5.58. The summed E-state index contributed by atoms with van der Waals surface area (Å²) >= 11 is 0. The van der Waals surface area contributed by atoms with Gasteiger partial charge in [0.1, 0.15) is 5.82 Å². The highest BCUT2D eigenvalue weighted by molar-refractivity contribution is 5.95. The number of halogens is 2. The van der Waals surface area contributed by atoms with E-state index in [2.05, 4.69) is 15.5 Å². The van der Waals surface area contributed by atoms with Gasteiger partial charge in [0.15, 0.2) is 0 Å². The molecular formula is C22H22ClFN4O2.